The molecule has 27 heavy (non-hydrogen) atoms. The van der Waals surface area contributed by atoms with Crippen LogP contribution in [0.2, 0.25) is 0 Å². The van der Waals surface area contributed by atoms with Crippen LogP contribution in [-0.4, -0.2) is 41.0 Å². The topological polar surface area (TPSA) is 76.5 Å². The van der Waals surface area contributed by atoms with Gasteiger partial charge in [-0.1, -0.05) is 6.92 Å². The van der Waals surface area contributed by atoms with E-state index < -0.39 is 0 Å². The van der Waals surface area contributed by atoms with Crippen molar-refractivity contribution in [3.8, 4) is 0 Å². The number of benzene rings is 1. The van der Waals surface area contributed by atoms with E-state index in [2.05, 4.69) is 29.2 Å². The number of aromatic nitrogens is 2. The summed E-state index contributed by atoms with van der Waals surface area (Å²) < 4.78 is 7.09. The van der Waals surface area contributed by atoms with E-state index in [1.807, 2.05) is 31.2 Å². The van der Waals surface area contributed by atoms with Crippen LogP contribution in [-0.2, 0) is 11.3 Å². The van der Waals surface area contributed by atoms with E-state index in [4.69, 9.17) is 4.74 Å². The standard InChI is InChI=1S/C20H26N4O3/c1-4-11-24-19(25)10-9-18(22-24)20(26)21-16-5-7-17(8-6-16)23-12-14(2)27-15(3)13-23/h5-10,14-15H,4,11-13H2,1-3H3,(H,21,26). The Bertz CT molecular complexity index is 837. The van der Waals surface area contributed by atoms with E-state index in [1.54, 1.807) is 0 Å². The van der Waals surface area contributed by atoms with Gasteiger partial charge in [-0.2, -0.15) is 5.10 Å². The molecule has 1 fully saturated rings. The highest BCUT2D eigenvalue weighted by Crippen LogP contribution is 2.22. The van der Waals surface area contributed by atoms with Crippen molar-refractivity contribution in [3.05, 3.63) is 52.4 Å². The normalized spacial score (nSPS) is 19.7. The fourth-order valence-corrected chi connectivity index (χ4v) is 3.28. The average Bonchev–Trinajstić information content (AvgIpc) is 2.63. The maximum absolute atomic E-state index is 12.4. The Morgan fingerprint density at radius 2 is 1.81 bits per heavy atom. The van der Waals surface area contributed by atoms with Crippen molar-refractivity contribution in [2.45, 2.75) is 45.9 Å². The Balaban J connectivity index is 1.68. The second-order valence-corrected chi connectivity index (χ2v) is 6.94. The number of carbonyl (C=O) groups is 1. The largest absolute Gasteiger partial charge is 0.372 e. The van der Waals surface area contributed by atoms with Gasteiger partial charge < -0.3 is 15.0 Å². The highest BCUT2D eigenvalue weighted by molar-refractivity contribution is 6.02. The molecule has 1 aliphatic heterocycles. The molecule has 0 bridgehead atoms. The molecule has 2 unspecified atom stereocenters. The first-order valence-corrected chi connectivity index (χ1v) is 9.36. The van der Waals surface area contributed by atoms with Gasteiger partial charge in [0.05, 0.1) is 12.2 Å². The van der Waals surface area contributed by atoms with Crippen molar-refractivity contribution in [2.75, 3.05) is 23.3 Å². The summed E-state index contributed by atoms with van der Waals surface area (Å²) in [7, 11) is 0. The van der Waals surface area contributed by atoms with Gasteiger partial charge in [-0.3, -0.25) is 9.59 Å². The second kappa shape index (κ2) is 8.35. The number of hydrogen-bond donors (Lipinski definition) is 1. The van der Waals surface area contributed by atoms with E-state index >= 15 is 0 Å². The third-order valence-corrected chi connectivity index (χ3v) is 4.44. The number of nitrogens with one attached hydrogen (secondary N) is 1. The number of nitrogens with zero attached hydrogens (tertiary/aromatic N) is 3. The maximum atomic E-state index is 12.4. The predicted octanol–water partition coefficient (Wildman–Crippen LogP) is 2.52. The Hall–Kier alpha value is -2.67. The molecule has 7 heteroatoms. The summed E-state index contributed by atoms with van der Waals surface area (Å²) in [6, 6.07) is 10.6. The molecule has 0 spiro atoms. The van der Waals surface area contributed by atoms with Gasteiger partial charge >= 0.3 is 0 Å². The lowest BCUT2D eigenvalue weighted by Crippen LogP contribution is -2.45. The SMILES string of the molecule is CCCn1nc(C(=O)Nc2ccc(N3CC(C)OC(C)C3)cc2)ccc1=O. The van der Waals surface area contributed by atoms with Gasteiger partial charge in [-0.05, 0) is 50.6 Å². The minimum atomic E-state index is -0.332. The highest BCUT2D eigenvalue weighted by Gasteiger charge is 2.22. The van der Waals surface area contributed by atoms with Crippen molar-refractivity contribution in [3.63, 3.8) is 0 Å². The number of hydrogen-bond acceptors (Lipinski definition) is 5. The van der Waals surface area contributed by atoms with Crippen molar-refractivity contribution in [1.82, 2.24) is 9.78 Å². The van der Waals surface area contributed by atoms with Crippen LogP contribution >= 0.6 is 0 Å². The lowest BCUT2D eigenvalue weighted by Gasteiger charge is -2.36. The van der Waals surface area contributed by atoms with Crippen molar-refractivity contribution < 1.29 is 9.53 Å². The first-order chi connectivity index (χ1) is 13.0. The smallest absolute Gasteiger partial charge is 0.276 e. The van der Waals surface area contributed by atoms with Gasteiger partial charge in [0, 0.05) is 37.1 Å². The number of morpholine rings is 1. The molecule has 0 aliphatic carbocycles. The Morgan fingerprint density at radius 1 is 1.15 bits per heavy atom. The number of anilines is 2. The molecule has 2 aromatic rings. The molecule has 1 amide bonds. The lowest BCUT2D eigenvalue weighted by molar-refractivity contribution is -0.00521. The molecule has 1 aliphatic rings. The fourth-order valence-electron chi connectivity index (χ4n) is 3.28. The summed E-state index contributed by atoms with van der Waals surface area (Å²) in [4.78, 5) is 26.5. The van der Waals surface area contributed by atoms with E-state index in [9.17, 15) is 9.59 Å². The van der Waals surface area contributed by atoms with Crippen molar-refractivity contribution in [2.24, 2.45) is 0 Å². The fraction of sp³-hybridized carbons (Fsp3) is 0.450. The minimum Gasteiger partial charge on any atom is -0.372 e. The molecular formula is C20H26N4O3. The summed E-state index contributed by atoms with van der Waals surface area (Å²) in [5.74, 6) is -0.332. The monoisotopic (exact) mass is 370 g/mol. The molecule has 3 rings (SSSR count). The van der Waals surface area contributed by atoms with E-state index in [0.717, 1.165) is 25.2 Å². The third-order valence-electron chi connectivity index (χ3n) is 4.44. The maximum Gasteiger partial charge on any atom is 0.276 e. The van der Waals surface area contributed by atoms with Gasteiger partial charge in [0.25, 0.3) is 11.5 Å². The Labute approximate surface area is 158 Å². The molecule has 0 saturated carbocycles. The second-order valence-electron chi connectivity index (χ2n) is 6.94. The van der Waals surface area contributed by atoms with Gasteiger partial charge in [0.15, 0.2) is 0 Å². The van der Waals surface area contributed by atoms with Crippen molar-refractivity contribution >= 4 is 17.3 Å². The van der Waals surface area contributed by atoms with Crippen LogP contribution in [0.1, 0.15) is 37.7 Å². The number of carbonyl (C=O) groups excluding carboxylic acids is 1. The van der Waals surface area contributed by atoms with E-state index in [0.29, 0.717) is 12.2 Å². The molecule has 1 aromatic heterocycles. The first kappa shape index (κ1) is 19.1. The number of aryl methyl sites for hydroxylation is 1. The zero-order valence-corrected chi connectivity index (χ0v) is 16.0. The van der Waals surface area contributed by atoms with Gasteiger partial charge in [-0.15, -0.1) is 0 Å². The molecule has 0 radical (unpaired) electrons. The summed E-state index contributed by atoms with van der Waals surface area (Å²) in [5.41, 5.74) is 1.81. The van der Waals surface area contributed by atoms with E-state index in [-0.39, 0.29) is 29.4 Å². The van der Waals surface area contributed by atoms with Crippen molar-refractivity contribution in [1.29, 1.82) is 0 Å². The molecule has 1 saturated heterocycles. The first-order valence-electron chi connectivity index (χ1n) is 9.36. The number of rotatable bonds is 5. The minimum absolute atomic E-state index is 0.193. The number of ether oxygens (including phenoxy) is 1. The van der Waals surface area contributed by atoms with Crippen LogP contribution < -0.4 is 15.8 Å². The zero-order chi connectivity index (χ0) is 19.4. The molecule has 2 heterocycles. The van der Waals surface area contributed by atoms with Crippen LogP contribution in [0.15, 0.2) is 41.2 Å². The third kappa shape index (κ3) is 4.74. The molecule has 144 valence electrons. The van der Waals surface area contributed by atoms with Gasteiger partial charge in [-0.25, -0.2) is 4.68 Å². The summed E-state index contributed by atoms with van der Waals surface area (Å²) in [6.07, 6.45) is 1.16. The van der Waals surface area contributed by atoms with Crippen LogP contribution in [0.25, 0.3) is 0 Å². The highest BCUT2D eigenvalue weighted by atomic mass is 16.5. The van der Waals surface area contributed by atoms with Crippen LogP contribution in [0.4, 0.5) is 11.4 Å². The molecular weight excluding hydrogens is 344 g/mol. The molecule has 1 aromatic carbocycles. The number of amides is 1. The summed E-state index contributed by atoms with van der Waals surface area (Å²) in [6.45, 7) is 8.28. The quantitative estimate of drug-likeness (QED) is 0.875. The molecule has 2 atom stereocenters. The van der Waals surface area contributed by atoms with E-state index in [1.165, 1.54) is 16.8 Å². The van der Waals surface area contributed by atoms with Crippen LogP contribution in [0.5, 0.6) is 0 Å². The van der Waals surface area contributed by atoms with Crippen LogP contribution in [0, 0.1) is 0 Å². The Morgan fingerprint density at radius 3 is 2.44 bits per heavy atom. The zero-order valence-electron chi connectivity index (χ0n) is 16.0. The average molecular weight is 370 g/mol. The molecule has 1 N–H and O–H groups in total. The Kier molecular flexibility index (Phi) is 5.91. The lowest BCUT2D eigenvalue weighted by atomic mass is 10.2. The molecule has 7 nitrogen and oxygen atoms in total. The van der Waals surface area contributed by atoms with Gasteiger partial charge in [0.2, 0.25) is 0 Å². The predicted molar refractivity (Wildman–Crippen MR) is 105 cm³/mol. The van der Waals surface area contributed by atoms with Crippen LogP contribution in [0.3, 0.4) is 0 Å². The summed E-state index contributed by atoms with van der Waals surface area (Å²) >= 11 is 0. The van der Waals surface area contributed by atoms with Gasteiger partial charge in [0.1, 0.15) is 5.69 Å². The summed E-state index contributed by atoms with van der Waals surface area (Å²) in [5, 5.41) is 6.97.